The van der Waals surface area contributed by atoms with Crippen LogP contribution in [0.15, 0.2) is 53.0 Å². The minimum atomic E-state index is -0.499. The highest BCUT2D eigenvalue weighted by atomic mass is 127. The molecule has 0 heterocycles. The van der Waals surface area contributed by atoms with E-state index in [9.17, 15) is 10.1 Å². The molecule has 2 aromatic carbocycles. The van der Waals surface area contributed by atoms with Crippen molar-refractivity contribution in [3.63, 3.8) is 0 Å². The lowest BCUT2D eigenvalue weighted by molar-refractivity contribution is -0.112. The van der Waals surface area contributed by atoms with Crippen LogP contribution >= 0.6 is 50.1 Å². The number of nitriles is 1. The molecule has 0 atom stereocenters. The van der Waals surface area contributed by atoms with Gasteiger partial charge in [-0.1, -0.05) is 30.3 Å². The minimum Gasteiger partial charge on any atom is -0.487 e. The number of carbonyl (C=O) groups is 1. The average Bonchev–Trinajstić information content (AvgIpc) is 2.62. The SMILES string of the molecule is C=CCOc1c(Br)cc(/C=C(\C#N)C(=O)Nc2cc(Cl)ccc2C)cc1I. The number of hydrogen-bond acceptors (Lipinski definition) is 3. The number of halogens is 3. The van der Waals surface area contributed by atoms with E-state index in [0.717, 1.165) is 13.6 Å². The normalized spacial score (nSPS) is 10.9. The summed E-state index contributed by atoms with van der Waals surface area (Å²) in [6, 6.07) is 10.8. The van der Waals surface area contributed by atoms with Crippen molar-refractivity contribution in [3.8, 4) is 11.8 Å². The summed E-state index contributed by atoms with van der Waals surface area (Å²) in [5.41, 5.74) is 2.10. The molecular weight excluding hydrogens is 542 g/mol. The first-order chi connectivity index (χ1) is 12.8. The molecule has 7 heteroatoms. The van der Waals surface area contributed by atoms with Crippen LogP contribution in [0, 0.1) is 21.8 Å². The maximum Gasteiger partial charge on any atom is 0.266 e. The summed E-state index contributed by atoms with van der Waals surface area (Å²) in [5.74, 6) is 0.186. The van der Waals surface area contributed by atoms with E-state index in [0.29, 0.717) is 28.6 Å². The van der Waals surface area contributed by atoms with Crippen molar-refractivity contribution >= 4 is 67.8 Å². The summed E-state index contributed by atoms with van der Waals surface area (Å²) in [6.45, 7) is 5.86. The standard InChI is InChI=1S/C20H15BrClIN2O2/c1-3-6-27-19-16(21)8-13(9-17(19)23)7-14(11-24)20(26)25-18-10-15(22)5-4-12(18)2/h3-5,7-10H,1,6H2,2H3,(H,25,26)/b14-7+. The first kappa shape index (κ1) is 21.5. The first-order valence-electron chi connectivity index (χ1n) is 7.77. The molecule has 0 aromatic heterocycles. The van der Waals surface area contributed by atoms with Crippen LogP contribution in [0.25, 0.3) is 6.08 Å². The zero-order valence-corrected chi connectivity index (χ0v) is 18.9. The Morgan fingerprint density at radius 1 is 1.44 bits per heavy atom. The maximum absolute atomic E-state index is 12.5. The Kier molecular flexibility index (Phi) is 7.90. The number of carbonyl (C=O) groups excluding carboxylic acids is 1. The lowest BCUT2D eigenvalue weighted by Gasteiger charge is -2.10. The van der Waals surface area contributed by atoms with Gasteiger partial charge in [0.1, 0.15) is 24.0 Å². The molecule has 2 aromatic rings. The van der Waals surface area contributed by atoms with Gasteiger partial charge in [0.25, 0.3) is 5.91 Å². The van der Waals surface area contributed by atoms with Crippen LogP contribution < -0.4 is 10.1 Å². The highest BCUT2D eigenvalue weighted by Gasteiger charge is 2.13. The summed E-state index contributed by atoms with van der Waals surface area (Å²) in [7, 11) is 0. The van der Waals surface area contributed by atoms with E-state index >= 15 is 0 Å². The van der Waals surface area contributed by atoms with Crippen molar-refractivity contribution in [3.05, 3.63) is 72.8 Å². The number of amides is 1. The molecule has 4 nitrogen and oxygen atoms in total. The van der Waals surface area contributed by atoms with Gasteiger partial charge in [-0.2, -0.15) is 5.26 Å². The fourth-order valence-corrected chi connectivity index (χ4v) is 4.12. The van der Waals surface area contributed by atoms with Crippen LogP contribution in [0.5, 0.6) is 5.75 Å². The Labute approximate surface area is 185 Å². The van der Waals surface area contributed by atoms with Gasteiger partial charge in [-0.25, -0.2) is 0 Å². The zero-order chi connectivity index (χ0) is 20.0. The minimum absolute atomic E-state index is 0.0168. The molecule has 0 unspecified atom stereocenters. The number of hydrogen-bond donors (Lipinski definition) is 1. The van der Waals surface area contributed by atoms with Crippen molar-refractivity contribution in [1.82, 2.24) is 0 Å². The van der Waals surface area contributed by atoms with Crippen molar-refractivity contribution in [2.45, 2.75) is 6.92 Å². The van der Waals surface area contributed by atoms with Gasteiger partial charge in [0, 0.05) is 10.7 Å². The van der Waals surface area contributed by atoms with Crippen LogP contribution in [-0.2, 0) is 4.79 Å². The van der Waals surface area contributed by atoms with Gasteiger partial charge in [-0.15, -0.1) is 0 Å². The lowest BCUT2D eigenvalue weighted by atomic mass is 10.1. The van der Waals surface area contributed by atoms with Crippen LogP contribution in [-0.4, -0.2) is 12.5 Å². The average molecular weight is 558 g/mol. The van der Waals surface area contributed by atoms with E-state index in [1.807, 2.05) is 19.1 Å². The van der Waals surface area contributed by atoms with Gasteiger partial charge < -0.3 is 10.1 Å². The molecule has 0 aliphatic carbocycles. The van der Waals surface area contributed by atoms with Crippen molar-refractivity contribution in [2.24, 2.45) is 0 Å². The number of rotatable bonds is 6. The Morgan fingerprint density at radius 2 is 2.19 bits per heavy atom. The topological polar surface area (TPSA) is 62.1 Å². The molecule has 0 fully saturated rings. The van der Waals surface area contributed by atoms with E-state index in [-0.39, 0.29) is 5.57 Å². The molecule has 0 saturated carbocycles. The van der Waals surface area contributed by atoms with Gasteiger partial charge in [0.2, 0.25) is 0 Å². The highest BCUT2D eigenvalue weighted by Crippen LogP contribution is 2.33. The molecule has 1 amide bonds. The first-order valence-corrected chi connectivity index (χ1v) is 10.0. The second kappa shape index (κ2) is 9.93. The number of nitrogens with zero attached hydrogens (tertiary/aromatic N) is 1. The van der Waals surface area contributed by atoms with Crippen LogP contribution in [0.1, 0.15) is 11.1 Å². The van der Waals surface area contributed by atoms with E-state index in [1.165, 1.54) is 6.08 Å². The quantitative estimate of drug-likeness (QED) is 0.201. The Balaban J connectivity index is 2.30. The number of benzene rings is 2. The van der Waals surface area contributed by atoms with Crippen LogP contribution in [0.4, 0.5) is 5.69 Å². The fourth-order valence-electron chi connectivity index (χ4n) is 2.18. The molecule has 1 N–H and O–H groups in total. The number of aryl methyl sites for hydroxylation is 1. The van der Waals surface area contributed by atoms with Crippen LogP contribution in [0.3, 0.4) is 0 Å². The molecule has 0 aliphatic heterocycles. The molecule has 0 bridgehead atoms. The van der Waals surface area contributed by atoms with Gasteiger partial charge in [-0.3, -0.25) is 4.79 Å². The molecule has 0 spiro atoms. The van der Waals surface area contributed by atoms with E-state index in [1.54, 1.807) is 30.3 Å². The second-order valence-electron chi connectivity index (χ2n) is 5.50. The Morgan fingerprint density at radius 3 is 2.81 bits per heavy atom. The molecule has 0 radical (unpaired) electrons. The summed E-state index contributed by atoms with van der Waals surface area (Å²) in [6.07, 6.45) is 3.19. The predicted molar refractivity (Wildman–Crippen MR) is 121 cm³/mol. The Hall–Kier alpha value is -1.82. The van der Waals surface area contributed by atoms with Gasteiger partial charge in [0.05, 0.1) is 8.04 Å². The third kappa shape index (κ3) is 5.83. The monoisotopic (exact) mass is 556 g/mol. The van der Waals surface area contributed by atoms with Crippen LogP contribution in [0.2, 0.25) is 5.02 Å². The highest BCUT2D eigenvalue weighted by molar-refractivity contribution is 14.1. The second-order valence-corrected chi connectivity index (χ2v) is 7.95. The summed E-state index contributed by atoms with van der Waals surface area (Å²) >= 11 is 11.6. The fraction of sp³-hybridized carbons (Fsp3) is 0.100. The molecule has 0 saturated heterocycles. The van der Waals surface area contributed by atoms with Gasteiger partial charge in [-0.05, 0) is 86.9 Å². The van der Waals surface area contributed by atoms with E-state index in [4.69, 9.17) is 16.3 Å². The summed E-state index contributed by atoms with van der Waals surface area (Å²) in [5, 5.41) is 12.6. The maximum atomic E-state index is 12.5. The molecule has 138 valence electrons. The van der Waals surface area contributed by atoms with Crippen molar-refractivity contribution in [2.75, 3.05) is 11.9 Å². The number of nitrogens with one attached hydrogen (secondary N) is 1. The smallest absolute Gasteiger partial charge is 0.266 e. The van der Waals surface area contributed by atoms with E-state index < -0.39 is 5.91 Å². The van der Waals surface area contributed by atoms with Gasteiger partial charge >= 0.3 is 0 Å². The number of anilines is 1. The Bertz CT molecular complexity index is 944. The number of ether oxygens (including phenoxy) is 1. The zero-order valence-electron chi connectivity index (χ0n) is 14.4. The van der Waals surface area contributed by atoms with Gasteiger partial charge in [0.15, 0.2) is 0 Å². The molecule has 2 rings (SSSR count). The third-order valence-electron chi connectivity index (χ3n) is 3.49. The largest absolute Gasteiger partial charge is 0.487 e. The summed E-state index contributed by atoms with van der Waals surface area (Å²) < 4.78 is 7.18. The molecular formula is C20H15BrClIN2O2. The lowest BCUT2D eigenvalue weighted by Crippen LogP contribution is -2.14. The molecule has 0 aliphatic rings. The predicted octanol–water partition coefficient (Wildman–Crippen LogP) is 6.13. The molecule has 27 heavy (non-hydrogen) atoms. The van der Waals surface area contributed by atoms with Crippen molar-refractivity contribution in [1.29, 1.82) is 5.26 Å². The summed E-state index contributed by atoms with van der Waals surface area (Å²) in [4.78, 5) is 12.5. The van der Waals surface area contributed by atoms with Crippen molar-refractivity contribution < 1.29 is 9.53 Å². The van der Waals surface area contributed by atoms with E-state index in [2.05, 4.69) is 50.4 Å². The third-order valence-corrected chi connectivity index (χ3v) is 5.12.